The summed E-state index contributed by atoms with van der Waals surface area (Å²) in [4.78, 5) is 0. The van der Waals surface area contributed by atoms with Crippen LogP contribution in [-0.2, 0) is 12.0 Å². The molecule has 0 aliphatic heterocycles. The molecule has 0 aromatic heterocycles. The molecule has 0 amide bonds. The lowest BCUT2D eigenvalue weighted by molar-refractivity contribution is 0.406. The fourth-order valence-electron chi connectivity index (χ4n) is 2.14. The summed E-state index contributed by atoms with van der Waals surface area (Å²) in [7, 11) is 0. The molecular weight excluding hydrogens is 206 g/mol. The van der Waals surface area contributed by atoms with E-state index in [-0.39, 0.29) is 5.54 Å². The Morgan fingerprint density at radius 2 is 1.76 bits per heavy atom. The first kappa shape index (κ1) is 14.2. The Morgan fingerprint density at radius 3 is 2.24 bits per heavy atom. The summed E-state index contributed by atoms with van der Waals surface area (Å²) < 4.78 is 0. The van der Waals surface area contributed by atoms with Gasteiger partial charge in [0, 0.05) is 5.54 Å². The molecule has 0 aliphatic carbocycles. The molecule has 96 valence electrons. The molecule has 0 spiro atoms. The van der Waals surface area contributed by atoms with E-state index in [1.54, 1.807) is 0 Å². The molecule has 0 bridgehead atoms. The lowest BCUT2D eigenvalue weighted by Crippen LogP contribution is -2.32. The highest BCUT2D eigenvalue weighted by Crippen LogP contribution is 2.25. The van der Waals surface area contributed by atoms with E-state index in [1.807, 2.05) is 0 Å². The zero-order valence-electron chi connectivity index (χ0n) is 11.8. The first-order valence-electron chi connectivity index (χ1n) is 6.84. The van der Waals surface area contributed by atoms with E-state index in [4.69, 9.17) is 5.73 Å². The highest BCUT2D eigenvalue weighted by molar-refractivity contribution is 5.27. The second-order valence-electron chi connectivity index (χ2n) is 5.75. The molecule has 1 unspecified atom stereocenters. The van der Waals surface area contributed by atoms with Crippen molar-refractivity contribution in [3.05, 3.63) is 35.4 Å². The van der Waals surface area contributed by atoms with E-state index in [0.29, 0.717) is 0 Å². The molecule has 0 aliphatic rings. The van der Waals surface area contributed by atoms with Crippen LogP contribution in [0.25, 0.3) is 0 Å². The van der Waals surface area contributed by atoms with Crippen molar-refractivity contribution in [2.75, 3.05) is 0 Å². The molecule has 17 heavy (non-hydrogen) atoms. The van der Waals surface area contributed by atoms with Gasteiger partial charge in [-0.3, -0.25) is 0 Å². The van der Waals surface area contributed by atoms with Crippen molar-refractivity contribution >= 4 is 0 Å². The summed E-state index contributed by atoms with van der Waals surface area (Å²) in [5.41, 5.74) is 8.88. The van der Waals surface area contributed by atoms with Crippen molar-refractivity contribution in [2.45, 2.75) is 58.9 Å². The zero-order valence-corrected chi connectivity index (χ0v) is 11.8. The SMILES string of the molecule is CCc1ccc(C(C)(N)CCCC(C)C)cc1. The summed E-state index contributed by atoms with van der Waals surface area (Å²) >= 11 is 0. The van der Waals surface area contributed by atoms with Crippen molar-refractivity contribution in [1.82, 2.24) is 0 Å². The maximum absolute atomic E-state index is 6.42. The van der Waals surface area contributed by atoms with E-state index in [9.17, 15) is 0 Å². The van der Waals surface area contributed by atoms with Crippen LogP contribution in [0.15, 0.2) is 24.3 Å². The molecule has 0 radical (unpaired) electrons. The summed E-state index contributed by atoms with van der Waals surface area (Å²) in [5.74, 6) is 0.772. The average Bonchev–Trinajstić information content (AvgIpc) is 2.28. The van der Waals surface area contributed by atoms with Gasteiger partial charge in [0.05, 0.1) is 0 Å². The molecule has 1 aromatic rings. The number of nitrogens with two attached hydrogens (primary N) is 1. The fraction of sp³-hybridized carbons (Fsp3) is 0.625. The Balaban J connectivity index is 2.61. The second-order valence-corrected chi connectivity index (χ2v) is 5.75. The molecule has 0 heterocycles. The molecule has 0 fully saturated rings. The van der Waals surface area contributed by atoms with Gasteiger partial charge in [-0.05, 0) is 36.8 Å². The van der Waals surface area contributed by atoms with Crippen molar-refractivity contribution in [1.29, 1.82) is 0 Å². The monoisotopic (exact) mass is 233 g/mol. The minimum Gasteiger partial charge on any atom is -0.322 e. The molecule has 0 saturated heterocycles. The topological polar surface area (TPSA) is 26.0 Å². The predicted octanol–water partition coefficient (Wildman–Crippen LogP) is 4.25. The molecule has 0 saturated carbocycles. The van der Waals surface area contributed by atoms with Crippen LogP contribution in [0.1, 0.15) is 58.1 Å². The number of hydrogen-bond acceptors (Lipinski definition) is 1. The van der Waals surface area contributed by atoms with E-state index in [1.165, 1.54) is 24.0 Å². The van der Waals surface area contributed by atoms with Gasteiger partial charge in [-0.1, -0.05) is 57.9 Å². The van der Waals surface area contributed by atoms with Gasteiger partial charge in [0.25, 0.3) is 0 Å². The maximum Gasteiger partial charge on any atom is 0.0381 e. The highest BCUT2D eigenvalue weighted by atomic mass is 14.7. The summed E-state index contributed by atoms with van der Waals surface area (Å²) in [6.07, 6.45) is 4.63. The minimum atomic E-state index is -0.179. The molecule has 1 aromatic carbocycles. The number of aryl methyl sites for hydroxylation is 1. The van der Waals surface area contributed by atoms with E-state index in [0.717, 1.165) is 18.8 Å². The lowest BCUT2D eigenvalue weighted by atomic mass is 9.86. The fourth-order valence-corrected chi connectivity index (χ4v) is 2.14. The van der Waals surface area contributed by atoms with Gasteiger partial charge in [-0.15, -0.1) is 0 Å². The largest absolute Gasteiger partial charge is 0.322 e. The van der Waals surface area contributed by atoms with Crippen molar-refractivity contribution in [3.63, 3.8) is 0 Å². The van der Waals surface area contributed by atoms with E-state index in [2.05, 4.69) is 52.0 Å². The number of rotatable bonds is 6. The van der Waals surface area contributed by atoms with Crippen molar-refractivity contribution in [2.24, 2.45) is 11.7 Å². The third kappa shape index (κ3) is 4.51. The minimum absolute atomic E-state index is 0.179. The first-order valence-corrected chi connectivity index (χ1v) is 6.84. The number of hydrogen-bond donors (Lipinski definition) is 1. The van der Waals surface area contributed by atoms with Crippen LogP contribution in [0.2, 0.25) is 0 Å². The quantitative estimate of drug-likeness (QED) is 0.781. The Morgan fingerprint density at radius 1 is 1.18 bits per heavy atom. The lowest BCUT2D eigenvalue weighted by Gasteiger charge is -2.26. The van der Waals surface area contributed by atoms with Gasteiger partial charge in [-0.2, -0.15) is 0 Å². The van der Waals surface area contributed by atoms with Gasteiger partial charge in [0.15, 0.2) is 0 Å². The normalized spacial score (nSPS) is 14.9. The Hall–Kier alpha value is -0.820. The summed E-state index contributed by atoms with van der Waals surface area (Å²) in [6, 6.07) is 8.77. The van der Waals surface area contributed by atoms with Gasteiger partial charge in [0.1, 0.15) is 0 Å². The van der Waals surface area contributed by atoms with Crippen LogP contribution in [0.3, 0.4) is 0 Å². The predicted molar refractivity (Wildman–Crippen MR) is 76.0 cm³/mol. The molecule has 2 N–H and O–H groups in total. The highest BCUT2D eigenvalue weighted by Gasteiger charge is 2.20. The van der Waals surface area contributed by atoms with Crippen molar-refractivity contribution in [3.8, 4) is 0 Å². The van der Waals surface area contributed by atoms with Gasteiger partial charge < -0.3 is 5.73 Å². The van der Waals surface area contributed by atoms with Gasteiger partial charge in [0.2, 0.25) is 0 Å². The summed E-state index contributed by atoms with van der Waals surface area (Å²) in [6.45, 7) is 8.86. The second kappa shape index (κ2) is 6.20. The zero-order chi connectivity index (χ0) is 12.9. The standard InChI is InChI=1S/C16H27N/c1-5-14-8-10-15(11-9-14)16(4,17)12-6-7-13(2)3/h8-11,13H,5-7,12,17H2,1-4H3. The molecule has 1 heteroatoms. The average molecular weight is 233 g/mol. The van der Waals surface area contributed by atoms with E-state index < -0.39 is 0 Å². The molecule has 1 nitrogen and oxygen atoms in total. The van der Waals surface area contributed by atoms with Crippen LogP contribution in [0, 0.1) is 5.92 Å². The van der Waals surface area contributed by atoms with Crippen LogP contribution >= 0.6 is 0 Å². The van der Waals surface area contributed by atoms with E-state index >= 15 is 0 Å². The third-order valence-electron chi connectivity index (χ3n) is 3.50. The van der Waals surface area contributed by atoms with Gasteiger partial charge in [-0.25, -0.2) is 0 Å². The smallest absolute Gasteiger partial charge is 0.0381 e. The van der Waals surface area contributed by atoms with Crippen molar-refractivity contribution < 1.29 is 0 Å². The Labute approximate surface area is 106 Å². The first-order chi connectivity index (χ1) is 7.95. The Bertz CT molecular complexity index is 322. The molecule has 1 rings (SSSR count). The van der Waals surface area contributed by atoms with Crippen LogP contribution in [-0.4, -0.2) is 0 Å². The number of benzene rings is 1. The summed E-state index contributed by atoms with van der Waals surface area (Å²) in [5, 5.41) is 0. The van der Waals surface area contributed by atoms with Crippen LogP contribution in [0.5, 0.6) is 0 Å². The molecule has 1 atom stereocenters. The van der Waals surface area contributed by atoms with Crippen LogP contribution < -0.4 is 5.73 Å². The Kier molecular flexibility index (Phi) is 5.20. The maximum atomic E-state index is 6.42. The van der Waals surface area contributed by atoms with Gasteiger partial charge >= 0.3 is 0 Å². The molecular formula is C16H27N. The van der Waals surface area contributed by atoms with Crippen LogP contribution in [0.4, 0.5) is 0 Å². The third-order valence-corrected chi connectivity index (χ3v) is 3.50.